The van der Waals surface area contributed by atoms with Gasteiger partial charge in [0.05, 0.1) is 0 Å². The second-order valence-electron chi connectivity index (χ2n) is 5.70. The summed E-state index contributed by atoms with van der Waals surface area (Å²) in [5.74, 6) is 3.44. The fourth-order valence-corrected chi connectivity index (χ4v) is 12.9. The molecule has 124 valence electrons. The molecule has 0 heterocycles. The van der Waals surface area contributed by atoms with Gasteiger partial charge in [0.2, 0.25) is 0 Å². The molecule has 2 aromatic carbocycles. The van der Waals surface area contributed by atoms with Crippen LogP contribution < -0.4 is 26.1 Å². The summed E-state index contributed by atoms with van der Waals surface area (Å²) < 4.78 is 24.9. The fraction of sp³-hybridized carbons (Fsp3) is 0.333. The number of hydrogen-bond acceptors (Lipinski definition) is 4. The van der Waals surface area contributed by atoms with E-state index in [9.17, 15) is 0 Å². The molecule has 0 spiro atoms. The van der Waals surface area contributed by atoms with Gasteiger partial charge in [0.15, 0.2) is 0 Å². The molecule has 0 N–H and O–H groups in total. The van der Waals surface area contributed by atoms with Crippen molar-refractivity contribution in [1.82, 2.24) is 0 Å². The average molecular weight is 423 g/mol. The summed E-state index contributed by atoms with van der Waals surface area (Å²) in [5, 5.41) is 0. The molecule has 0 saturated heterocycles. The first kappa shape index (κ1) is 17.8. The second-order valence-corrected chi connectivity index (χ2v) is 17.8. The maximum absolute atomic E-state index is 5.63. The molecule has 23 heavy (non-hydrogen) atoms. The van der Waals surface area contributed by atoms with Gasteiger partial charge >= 0.3 is 142 Å². The Labute approximate surface area is 142 Å². The molecule has 0 atom stereocenters. The topological polar surface area (TPSA) is 36.9 Å². The van der Waals surface area contributed by atoms with E-state index in [4.69, 9.17) is 18.9 Å². The van der Waals surface area contributed by atoms with Gasteiger partial charge in [0.25, 0.3) is 0 Å². The van der Waals surface area contributed by atoms with Crippen molar-refractivity contribution in [2.24, 2.45) is 0 Å². The summed E-state index contributed by atoms with van der Waals surface area (Å²) in [6, 6.07) is 11.8. The molecule has 0 aliphatic heterocycles. The van der Waals surface area contributed by atoms with Gasteiger partial charge < -0.3 is 0 Å². The van der Waals surface area contributed by atoms with Gasteiger partial charge in [-0.2, -0.15) is 0 Å². The van der Waals surface area contributed by atoms with E-state index in [0.717, 1.165) is 30.2 Å². The van der Waals surface area contributed by atoms with Crippen molar-refractivity contribution in [2.75, 3.05) is 28.4 Å². The van der Waals surface area contributed by atoms with E-state index in [0.29, 0.717) is 0 Å². The van der Waals surface area contributed by atoms with Crippen LogP contribution in [0.2, 0.25) is 9.88 Å². The summed E-state index contributed by atoms with van der Waals surface area (Å²) in [5.41, 5.74) is 0. The van der Waals surface area contributed by atoms with E-state index in [-0.39, 0.29) is 0 Å². The zero-order valence-electron chi connectivity index (χ0n) is 14.6. The van der Waals surface area contributed by atoms with E-state index in [2.05, 4.69) is 9.88 Å². The Morgan fingerprint density at radius 2 is 0.826 bits per heavy atom. The molecule has 0 saturated carbocycles. The van der Waals surface area contributed by atoms with Crippen LogP contribution in [0, 0.1) is 0 Å². The molecule has 0 aliphatic carbocycles. The Bertz CT molecular complexity index is 581. The van der Waals surface area contributed by atoms with Crippen molar-refractivity contribution >= 4 is 25.5 Å². The first-order valence-corrected chi connectivity index (χ1v) is 16.0. The minimum atomic E-state index is -3.12. The molecule has 2 aromatic rings. The van der Waals surface area contributed by atoms with Crippen molar-refractivity contribution in [1.29, 1.82) is 0 Å². The molecule has 0 radical (unpaired) electrons. The first-order valence-electron chi connectivity index (χ1n) is 7.44. The molecule has 0 amide bonds. The second kappa shape index (κ2) is 7.34. The van der Waals surface area contributed by atoms with E-state index in [1.807, 2.05) is 36.4 Å². The summed E-state index contributed by atoms with van der Waals surface area (Å²) in [6.45, 7) is 0. The van der Waals surface area contributed by atoms with E-state index in [1.165, 1.54) is 0 Å². The van der Waals surface area contributed by atoms with Crippen molar-refractivity contribution in [3.05, 3.63) is 36.4 Å². The molecular weight excluding hydrogens is 399 g/mol. The molecule has 0 bridgehead atoms. The first-order chi connectivity index (χ1) is 11.0. The molecule has 0 aliphatic rings. The molecular formula is C18H24O4Sn. The van der Waals surface area contributed by atoms with Gasteiger partial charge in [-0.25, -0.2) is 0 Å². The van der Waals surface area contributed by atoms with Crippen LogP contribution in [0.3, 0.4) is 0 Å². The molecule has 4 nitrogen and oxygen atoms in total. The summed E-state index contributed by atoms with van der Waals surface area (Å²) in [4.78, 5) is 4.63. The summed E-state index contributed by atoms with van der Waals surface area (Å²) in [7, 11) is 6.78. The van der Waals surface area contributed by atoms with Crippen molar-refractivity contribution in [2.45, 2.75) is 9.88 Å². The molecule has 5 heteroatoms. The zero-order chi connectivity index (χ0) is 17.0. The third-order valence-corrected chi connectivity index (χ3v) is 14.1. The third kappa shape index (κ3) is 3.22. The van der Waals surface area contributed by atoms with Crippen LogP contribution in [0.15, 0.2) is 36.4 Å². The zero-order valence-corrected chi connectivity index (χ0v) is 17.5. The maximum atomic E-state index is 5.63. The van der Waals surface area contributed by atoms with Crippen LogP contribution in [0.4, 0.5) is 0 Å². The van der Waals surface area contributed by atoms with Gasteiger partial charge in [-0.3, -0.25) is 0 Å². The Morgan fingerprint density at radius 3 is 1.04 bits per heavy atom. The van der Waals surface area contributed by atoms with Crippen molar-refractivity contribution < 1.29 is 18.9 Å². The standard InChI is InChI=1S/2C8H9O2.2CH3.Sn/c2*1-9-7-4-3-5-8(6-7)10-2;;;/h2*3-5H,1-2H3;2*1H3;. The fourth-order valence-electron chi connectivity index (χ4n) is 3.06. The van der Waals surface area contributed by atoms with Crippen LogP contribution in [0.25, 0.3) is 0 Å². The third-order valence-electron chi connectivity index (χ3n) is 4.11. The Morgan fingerprint density at radius 1 is 0.565 bits per heavy atom. The van der Waals surface area contributed by atoms with Crippen LogP contribution >= 0.6 is 0 Å². The van der Waals surface area contributed by atoms with Gasteiger partial charge in [-0.05, 0) is 0 Å². The Balaban J connectivity index is 2.78. The molecule has 0 unspecified atom stereocenters. The van der Waals surface area contributed by atoms with Gasteiger partial charge in [-0.15, -0.1) is 0 Å². The number of hydrogen-bond donors (Lipinski definition) is 0. The van der Waals surface area contributed by atoms with E-state index >= 15 is 0 Å². The van der Waals surface area contributed by atoms with Crippen molar-refractivity contribution in [3.63, 3.8) is 0 Å². The van der Waals surface area contributed by atoms with E-state index in [1.54, 1.807) is 28.4 Å². The van der Waals surface area contributed by atoms with Crippen LogP contribution in [-0.2, 0) is 0 Å². The SMILES string of the molecule is COc1cccc(OC)[c]1[Sn]([CH3])([CH3])[c]1c(OC)cccc1OC. The number of benzene rings is 2. The number of rotatable bonds is 6. The van der Waals surface area contributed by atoms with Crippen LogP contribution in [-0.4, -0.2) is 46.8 Å². The molecule has 2 rings (SSSR count). The van der Waals surface area contributed by atoms with Crippen LogP contribution in [0.5, 0.6) is 23.0 Å². The average Bonchev–Trinajstić information content (AvgIpc) is 2.59. The summed E-state index contributed by atoms with van der Waals surface area (Å²) >= 11 is -3.12. The molecule has 0 aromatic heterocycles. The number of methoxy groups -OCH3 is 4. The van der Waals surface area contributed by atoms with Gasteiger partial charge in [0, 0.05) is 0 Å². The van der Waals surface area contributed by atoms with Gasteiger partial charge in [0.1, 0.15) is 0 Å². The molecule has 0 fully saturated rings. The van der Waals surface area contributed by atoms with Crippen molar-refractivity contribution in [3.8, 4) is 23.0 Å². The number of ether oxygens (including phenoxy) is 4. The predicted octanol–water partition coefficient (Wildman–Crippen LogP) is 2.54. The monoisotopic (exact) mass is 424 g/mol. The van der Waals surface area contributed by atoms with E-state index < -0.39 is 18.4 Å². The predicted molar refractivity (Wildman–Crippen MR) is 95.8 cm³/mol. The Kier molecular flexibility index (Phi) is 5.68. The quantitative estimate of drug-likeness (QED) is 0.670. The van der Waals surface area contributed by atoms with Crippen LogP contribution in [0.1, 0.15) is 0 Å². The Hall–Kier alpha value is -1.56. The summed E-state index contributed by atoms with van der Waals surface area (Å²) in [6.07, 6.45) is 0. The van der Waals surface area contributed by atoms with Gasteiger partial charge in [-0.1, -0.05) is 0 Å². The normalized spacial score (nSPS) is 11.0. The minimum absolute atomic E-state index is 0.859.